The van der Waals surface area contributed by atoms with E-state index < -0.39 is 11.6 Å². The molecule has 2 amide bonds. The van der Waals surface area contributed by atoms with Crippen molar-refractivity contribution in [1.82, 2.24) is 5.32 Å². The number of hydrogen-bond acceptors (Lipinski definition) is 2. The molecule has 0 aliphatic heterocycles. The zero-order valence-corrected chi connectivity index (χ0v) is 15.0. The molecule has 142 valence electrons. The third kappa shape index (κ3) is 5.10. The van der Waals surface area contributed by atoms with Gasteiger partial charge in [0.2, 0.25) is 0 Å². The smallest absolute Gasteiger partial charge is 0.279 e. The molecule has 7 heteroatoms. The number of para-hydroxylation sites is 1. The lowest BCUT2D eigenvalue weighted by Gasteiger charge is -2.13. The van der Waals surface area contributed by atoms with Gasteiger partial charge in [-0.25, -0.2) is 8.78 Å². The van der Waals surface area contributed by atoms with Crippen LogP contribution >= 0.6 is 0 Å². The lowest BCUT2D eigenvalue weighted by Crippen LogP contribution is -2.86. The number of halogens is 2. The minimum absolute atomic E-state index is 0.0383. The maximum absolute atomic E-state index is 13.8. The van der Waals surface area contributed by atoms with E-state index >= 15 is 0 Å². The number of carbonyl (C=O) groups excluding carboxylic acids is 2. The molecule has 0 unspecified atom stereocenters. The maximum atomic E-state index is 13.8. The van der Waals surface area contributed by atoms with Crippen LogP contribution in [-0.2, 0) is 4.79 Å². The predicted octanol–water partition coefficient (Wildman–Crippen LogP) is 2.12. The molecule has 1 atom stereocenters. The van der Waals surface area contributed by atoms with E-state index in [2.05, 4.69) is 10.6 Å². The second kappa shape index (κ2) is 8.26. The molecule has 2 aromatic rings. The first-order chi connectivity index (χ1) is 12.9. The van der Waals surface area contributed by atoms with Gasteiger partial charge < -0.3 is 16.0 Å². The quantitative estimate of drug-likeness (QED) is 0.695. The summed E-state index contributed by atoms with van der Waals surface area (Å²) in [6.45, 7) is 1.77. The summed E-state index contributed by atoms with van der Waals surface area (Å²) in [5.41, 5.74) is 1.18. The van der Waals surface area contributed by atoms with Gasteiger partial charge >= 0.3 is 0 Å². The molecule has 0 aromatic heterocycles. The van der Waals surface area contributed by atoms with Crippen LogP contribution in [0.15, 0.2) is 42.5 Å². The predicted molar refractivity (Wildman–Crippen MR) is 97.1 cm³/mol. The molecule has 1 saturated carbocycles. The van der Waals surface area contributed by atoms with Gasteiger partial charge in [-0.1, -0.05) is 12.1 Å². The lowest BCUT2D eigenvalue weighted by molar-refractivity contribution is -0.682. The SMILES string of the molecule is C[C@H]([NH2+]CC(=O)Nc1ccccc1C(=O)NC1CC1)c1ccc(F)cc1F. The molecule has 1 aliphatic rings. The average molecular weight is 374 g/mol. The van der Waals surface area contributed by atoms with Crippen LogP contribution in [-0.4, -0.2) is 24.4 Å². The van der Waals surface area contributed by atoms with E-state index in [1.54, 1.807) is 36.5 Å². The second-order valence-corrected chi connectivity index (χ2v) is 6.74. The van der Waals surface area contributed by atoms with Gasteiger partial charge in [-0.3, -0.25) is 9.59 Å². The number of anilines is 1. The zero-order valence-electron chi connectivity index (χ0n) is 15.0. The van der Waals surface area contributed by atoms with Crippen molar-refractivity contribution in [2.45, 2.75) is 31.8 Å². The van der Waals surface area contributed by atoms with Crippen LogP contribution in [0, 0.1) is 11.6 Å². The molecule has 2 aromatic carbocycles. The van der Waals surface area contributed by atoms with Gasteiger partial charge in [-0.2, -0.15) is 0 Å². The number of amides is 2. The van der Waals surface area contributed by atoms with E-state index in [1.165, 1.54) is 12.1 Å². The van der Waals surface area contributed by atoms with E-state index in [4.69, 9.17) is 0 Å². The van der Waals surface area contributed by atoms with Crippen molar-refractivity contribution >= 4 is 17.5 Å². The fourth-order valence-electron chi connectivity index (χ4n) is 2.76. The summed E-state index contributed by atoms with van der Waals surface area (Å²) in [6, 6.07) is 10.1. The number of benzene rings is 2. The summed E-state index contributed by atoms with van der Waals surface area (Å²) in [5.74, 6) is -1.79. The number of nitrogens with two attached hydrogens (primary N) is 1. The van der Waals surface area contributed by atoms with Gasteiger partial charge in [-0.15, -0.1) is 0 Å². The van der Waals surface area contributed by atoms with Crippen molar-refractivity contribution in [1.29, 1.82) is 0 Å². The standard InChI is InChI=1S/C20H21F2N3O2/c1-12(15-9-6-13(21)10-17(15)22)23-11-19(26)25-18-5-3-2-4-16(18)20(27)24-14-7-8-14/h2-6,9-10,12,14,23H,7-8,11H2,1H3,(H,24,27)(H,25,26)/p+1/t12-/m0/s1. The Balaban J connectivity index is 1.58. The highest BCUT2D eigenvalue weighted by atomic mass is 19.1. The number of carbonyl (C=O) groups is 2. The molecule has 0 radical (unpaired) electrons. The fourth-order valence-corrected chi connectivity index (χ4v) is 2.76. The van der Waals surface area contributed by atoms with Gasteiger partial charge in [0.05, 0.1) is 11.3 Å². The molecule has 0 heterocycles. The average Bonchev–Trinajstić information content (AvgIpc) is 3.44. The van der Waals surface area contributed by atoms with E-state index in [0.29, 0.717) is 16.8 Å². The van der Waals surface area contributed by atoms with Gasteiger partial charge in [0.15, 0.2) is 6.54 Å². The molecule has 27 heavy (non-hydrogen) atoms. The van der Waals surface area contributed by atoms with Gasteiger partial charge in [0.25, 0.3) is 11.8 Å². The first kappa shape index (κ1) is 19.0. The molecule has 3 rings (SSSR count). The van der Waals surface area contributed by atoms with Crippen molar-refractivity contribution in [2.24, 2.45) is 0 Å². The molecule has 1 aliphatic carbocycles. The Morgan fingerprint density at radius 2 is 1.93 bits per heavy atom. The van der Waals surface area contributed by atoms with Crippen molar-refractivity contribution in [3.8, 4) is 0 Å². The van der Waals surface area contributed by atoms with Crippen LogP contribution in [0.2, 0.25) is 0 Å². The van der Waals surface area contributed by atoms with Crippen LogP contribution in [0.3, 0.4) is 0 Å². The van der Waals surface area contributed by atoms with Crippen LogP contribution in [0.25, 0.3) is 0 Å². The Morgan fingerprint density at radius 3 is 2.63 bits per heavy atom. The normalized spacial score (nSPS) is 14.5. The molecule has 0 spiro atoms. The second-order valence-electron chi connectivity index (χ2n) is 6.74. The Hall–Kier alpha value is -2.80. The van der Waals surface area contributed by atoms with Gasteiger partial charge in [0.1, 0.15) is 17.7 Å². The minimum Gasteiger partial charge on any atom is -0.349 e. The Kier molecular flexibility index (Phi) is 5.81. The van der Waals surface area contributed by atoms with Gasteiger partial charge in [-0.05, 0) is 44.0 Å². The molecular formula is C20H22F2N3O2+. The van der Waals surface area contributed by atoms with Crippen molar-refractivity contribution in [3.05, 3.63) is 65.2 Å². The monoisotopic (exact) mass is 374 g/mol. The number of nitrogens with one attached hydrogen (secondary N) is 2. The summed E-state index contributed by atoms with van der Waals surface area (Å²) in [5, 5.41) is 7.28. The Morgan fingerprint density at radius 1 is 1.19 bits per heavy atom. The van der Waals surface area contributed by atoms with Crippen molar-refractivity contribution < 1.29 is 23.7 Å². The number of hydrogen-bond donors (Lipinski definition) is 3. The van der Waals surface area contributed by atoms with E-state index in [1.807, 2.05) is 0 Å². The highest BCUT2D eigenvalue weighted by molar-refractivity contribution is 6.04. The number of rotatable bonds is 7. The highest BCUT2D eigenvalue weighted by Gasteiger charge is 2.25. The van der Waals surface area contributed by atoms with Gasteiger partial charge in [0, 0.05) is 17.7 Å². The van der Waals surface area contributed by atoms with Crippen LogP contribution < -0.4 is 16.0 Å². The van der Waals surface area contributed by atoms with E-state index in [-0.39, 0.29) is 30.4 Å². The van der Waals surface area contributed by atoms with Crippen molar-refractivity contribution in [2.75, 3.05) is 11.9 Å². The molecule has 0 saturated heterocycles. The first-order valence-corrected chi connectivity index (χ1v) is 8.92. The lowest BCUT2D eigenvalue weighted by atomic mass is 10.1. The molecule has 5 nitrogen and oxygen atoms in total. The summed E-state index contributed by atoms with van der Waals surface area (Å²) in [6.07, 6.45) is 1.96. The Bertz CT molecular complexity index is 853. The minimum atomic E-state index is -0.638. The van der Waals surface area contributed by atoms with Crippen LogP contribution in [0.1, 0.15) is 41.7 Å². The summed E-state index contributed by atoms with van der Waals surface area (Å²) in [7, 11) is 0. The van der Waals surface area contributed by atoms with E-state index in [9.17, 15) is 18.4 Å². The molecule has 4 N–H and O–H groups in total. The molecule has 1 fully saturated rings. The number of quaternary nitrogens is 1. The zero-order chi connectivity index (χ0) is 19.4. The first-order valence-electron chi connectivity index (χ1n) is 8.92. The topological polar surface area (TPSA) is 74.8 Å². The Labute approximate surface area is 156 Å². The molecule has 0 bridgehead atoms. The fraction of sp³-hybridized carbons (Fsp3) is 0.300. The summed E-state index contributed by atoms with van der Waals surface area (Å²) in [4.78, 5) is 24.5. The highest BCUT2D eigenvalue weighted by Crippen LogP contribution is 2.21. The largest absolute Gasteiger partial charge is 0.349 e. The molecular weight excluding hydrogens is 352 g/mol. The summed E-state index contributed by atoms with van der Waals surface area (Å²) < 4.78 is 26.8. The maximum Gasteiger partial charge on any atom is 0.279 e. The van der Waals surface area contributed by atoms with Crippen LogP contribution in [0.4, 0.5) is 14.5 Å². The third-order valence-electron chi connectivity index (χ3n) is 4.47. The van der Waals surface area contributed by atoms with E-state index in [0.717, 1.165) is 18.9 Å². The van der Waals surface area contributed by atoms with Crippen LogP contribution in [0.5, 0.6) is 0 Å². The third-order valence-corrected chi connectivity index (χ3v) is 4.47. The van der Waals surface area contributed by atoms with Crippen molar-refractivity contribution in [3.63, 3.8) is 0 Å². The summed E-state index contributed by atoms with van der Waals surface area (Å²) >= 11 is 0.